The van der Waals surface area contributed by atoms with Crippen molar-refractivity contribution < 1.29 is 24.2 Å². The molecule has 2 atom stereocenters. The zero-order valence-corrected chi connectivity index (χ0v) is 12.3. The molecule has 1 amide bonds. The fraction of sp³-hybridized carbons (Fsp3) is 0.467. The Morgan fingerprint density at radius 1 is 1.38 bits per heavy atom. The third-order valence-electron chi connectivity index (χ3n) is 3.89. The van der Waals surface area contributed by atoms with Crippen molar-refractivity contribution in [3.8, 4) is 11.5 Å². The molecule has 1 aromatic carbocycles. The molecule has 6 heteroatoms. The van der Waals surface area contributed by atoms with Gasteiger partial charge < -0.3 is 19.5 Å². The number of benzene rings is 1. The van der Waals surface area contributed by atoms with E-state index in [9.17, 15) is 9.59 Å². The summed E-state index contributed by atoms with van der Waals surface area (Å²) in [5, 5.41) is 9.13. The van der Waals surface area contributed by atoms with Gasteiger partial charge in [0.15, 0.2) is 0 Å². The second-order valence-corrected chi connectivity index (χ2v) is 5.13. The number of methoxy groups -OCH3 is 2. The second kappa shape index (κ2) is 6.03. The van der Waals surface area contributed by atoms with E-state index in [1.165, 1.54) is 0 Å². The number of carbonyl (C=O) groups is 2. The lowest BCUT2D eigenvalue weighted by Gasteiger charge is -2.18. The fourth-order valence-corrected chi connectivity index (χ4v) is 2.57. The van der Waals surface area contributed by atoms with Crippen molar-refractivity contribution >= 4 is 11.9 Å². The zero-order valence-electron chi connectivity index (χ0n) is 12.3. The number of aliphatic carboxylic acids is 1. The van der Waals surface area contributed by atoms with E-state index < -0.39 is 17.8 Å². The molecule has 1 aromatic rings. The Balaban J connectivity index is 2.19. The maximum Gasteiger partial charge on any atom is 0.309 e. The molecule has 0 bridgehead atoms. The van der Waals surface area contributed by atoms with Crippen molar-refractivity contribution in [3.63, 3.8) is 0 Å². The number of rotatable bonds is 5. The van der Waals surface area contributed by atoms with Crippen molar-refractivity contribution in [2.75, 3.05) is 20.8 Å². The Morgan fingerprint density at radius 3 is 2.62 bits per heavy atom. The highest BCUT2D eigenvalue weighted by Crippen LogP contribution is 2.30. The van der Waals surface area contributed by atoms with Crippen LogP contribution in [-0.2, 0) is 16.1 Å². The zero-order chi connectivity index (χ0) is 15.6. The van der Waals surface area contributed by atoms with Crippen LogP contribution in [0.25, 0.3) is 0 Å². The predicted octanol–water partition coefficient (Wildman–Crippen LogP) is 1.38. The van der Waals surface area contributed by atoms with Crippen LogP contribution in [0.2, 0.25) is 0 Å². The number of carboxylic acid groups (broad SMARTS) is 1. The first-order valence-electron chi connectivity index (χ1n) is 6.70. The third-order valence-corrected chi connectivity index (χ3v) is 3.89. The summed E-state index contributed by atoms with van der Waals surface area (Å²) >= 11 is 0. The van der Waals surface area contributed by atoms with Crippen LogP contribution in [-0.4, -0.2) is 42.6 Å². The van der Waals surface area contributed by atoms with Gasteiger partial charge in [0.1, 0.15) is 11.5 Å². The summed E-state index contributed by atoms with van der Waals surface area (Å²) < 4.78 is 10.4. The molecule has 0 radical (unpaired) electrons. The van der Waals surface area contributed by atoms with Gasteiger partial charge in [0.2, 0.25) is 5.91 Å². The first-order chi connectivity index (χ1) is 9.97. The molecule has 0 aliphatic carbocycles. The van der Waals surface area contributed by atoms with Crippen molar-refractivity contribution in [3.05, 3.63) is 23.8 Å². The molecule has 2 unspecified atom stereocenters. The van der Waals surface area contributed by atoms with Crippen molar-refractivity contribution in [2.45, 2.75) is 13.5 Å². The van der Waals surface area contributed by atoms with Crippen LogP contribution < -0.4 is 9.47 Å². The Bertz CT molecular complexity index is 557. The van der Waals surface area contributed by atoms with E-state index in [-0.39, 0.29) is 12.5 Å². The third kappa shape index (κ3) is 2.94. The Kier molecular flexibility index (Phi) is 4.35. The van der Waals surface area contributed by atoms with E-state index in [1.807, 2.05) is 6.07 Å². The molecular formula is C15H19NO5. The fourth-order valence-electron chi connectivity index (χ4n) is 2.57. The van der Waals surface area contributed by atoms with Gasteiger partial charge in [-0.1, -0.05) is 6.92 Å². The maximum atomic E-state index is 12.1. The maximum absolute atomic E-state index is 12.1. The predicted molar refractivity (Wildman–Crippen MR) is 75.3 cm³/mol. The van der Waals surface area contributed by atoms with Crippen molar-refractivity contribution in [1.29, 1.82) is 0 Å². The number of hydrogen-bond donors (Lipinski definition) is 1. The highest BCUT2D eigenvalue weighted by Gasteiger charge is 2.41. The summed E-state index contributed by atoms with van der Waals surface area (Å²) in [6, 6.07) is 5.36. The van der Waals surface area contributed by atoms with Crippen molar-refractivity contribution in [1.82, 2.24) is 4.90 Å². The monoisotopic (exact) mass is 293 g/mol. The minimum Gasteiger partial charge on any atom is -0.497 e. The molecule has 1 fully saturated rings. The van der Waals surface area contributed by atoms with Crippen LogP contribution in [0.1, 0.15) is 12.5 Å². The van der Waals surface area contributed by atoms with E-state index in [0.717, 1.165) is 5.56 Å². The van der Waals surface area contributed by atoms with Crippen LogP contribution >= 0.6 is 0 Å². The van der Waals surface area contributed by atoms with E-state index in [0.29, 0.717) is 18.0 Å². The van der Waals surface area contributed by atoms with Gasteiger partial charge in [-0.15, -0.1) is 0 Å². The number of carbonyl (C=O) groups excluding carboxylic acids is 1. The molecular weight excluding hydrogens is 274 g/mol. The molecule has 0 saturated carbocycles. The lowest BCUT2D eigenvalue weighted by Crippen LogP contribution is -2.26. The van der Waals surface area contributed by atoms with Crippen LogP contribution in [0.15, 0.2) is 18.2 Å². The molecule has 1 saturated heterocycles. The Hall–Kier alpha value is -2.24. The molecule has 1 aliphatic heterocycles. The molecule has 114 valence electrons. The van der Waals surface area contributed by atoms with Gasteiger partial charge in [0.25, 0.3) is 0 Å². The summed E-state index contributed by atoms with van der Waals surface area (Å²) in [7, 11) is 3.12. The van der Waals surface area contributed by atoms with Gasteiger partial charge in [-0.2, -0.15) is 0 Å². The minimum atomic E-state index is -0.931. The molecule has 1 N–H and O–H groups in total. The lowest BCUT2D eigenvalue weighted by atomic mass is 9.98. The lowest BCUT2D eigenvalue weighted by molar-refractivity contribution is -0.143. The molecule has 0 aromatic heterocycles. The first kappa shape index (κ1) is 15.2. The van der Waals surface area contributed by atoms with E-state index in [2.05, 4.69) is 0 Å². The first-order valence-corrected chi connectivity index (χ1v) is 6.70. The summed E-state index contributed by atoms with van der Waals surface area (Å²) in [5.74, 6) is -0.928. The Labute approximate surface area is 123 Å². The van der Waals surface area contributed by atoms with Gasteiger partial charge in [-0.25, -0.2) is 0 Å². The smallest absolute Gasteiger partial charge is 0.309 e. The second-order valence-electron chi connectivity index (χ2n) is 5.13. The Morgan fingerprint density at radius 2 is 2.10 bits per heavy atom. The highest BCUT2D eigenvalue weighted by atomic mass is 16.5. The van der Waals surface area contributed by atoms with E-state index in [4.69, 9.17) is 14.6 Å². The molecule has 1 aliphatic rings. The molecule has 1 heterocycles. The largest absolute Gasteiger partial charge is 0.497 e. The van der Waals surface area contributed by atoms with E-state index in [1.54, 1.807) is 38.2 Å². The van der Waals surface area contributed by atoms with Gasteiger partial charge in [0.05, 0.1) is 26.1 Å². The summed E-state index contributed by atoms with van der Waals surface area (Å²) in [6.07, 6.45) is 0. The van der Waals surface area contributed by atoms with Gasteiger partial charge in [-0.3, -0.25) is 9.59 Å². The number of carboxylic acids is 1. The van der Waals surface area contributed by atoms with Gasteiger partial charge >= 0.3 is 5.97 Å². The normalized spacial score (nSPS) is 21.5. The topological polar surface area (TPSA) is 76.1 Å². The number of amides is 1. The SMILES string of the molecule is COc1ccc(CN2CC(C(=O)O)C(C)C2=O)c(OC)c1. The summed E-state index contributed by atoms with van der Waals surface area (Å²) in [5.41, 5.74) is 0.824. The number of likely N-dealkylation sites (tertiary alicyclic amines) is 1. The summed E-state index contributed by atoms with van der Waals surface area (Å²) in [4.78, 5) is 24.8. The average molecular weight is 293 g/mol. The molecule has 21 heavy (non-hydrogen) atoms. The van der Waals surface area contributed by atoms with Crippen LogP contribution in [0.3, 0.4) is 0 Å². The number of nitrogens with zero attached hydrogens (tertiary/aromatic N) is 1. The van der Waals surface area contributed by atoms with Crippen LogP contribution in [0.5, 0.6) is 11.5 Å². The van der Waals surface area contributed by atoms with Crippen molar-refractivity contribution in [2.24, 2.45) is 11.8 Å². The van der Waals surface area contributed by atoms with Gasteiger partial charge in [-0.05, 0) is 12.1 Å². The summed E-state index contributed by atoms with van der Waals surface area (Å²) in [6.45, 7) is 2.22. The number of hydrogen-bond acceptors (Lipinski definition) is 4. The minimum absolute atomic E-state index is 0.139. The quantitative estimate of drug-likeness (QED) is 0.887. The standard InChI is InChI=1S/C15H19NO5/c1-9-12(15(18)19)8-16(14(9)17)7-10-4-5-11(20-2)6-13(10)21-3/h4-6,9,12H,7-8H2,1-3H3,(H,18,19). The average Bonchev–Trinajstić information content (AvgIpc) is 2.76. The molecule has 0 spiro atoms. The van der Waals surface area contributed by atoms with Crippen LogP contribution in [0.4, 0.5) is 0 Å². The molecule has 2 rings (SSSR count). The highest BCUT2D eigenvalue weighted by molar-refractivity contribution is 5.88. The van der Waals surface area contributed by atoms with Crippen LogP contribution in [0, 0.1) is 11.8 Å². The van der Waals surface area contributed by atoms with E-state index >= 15 is 0 Å². The number of ether oxygens (including phenoxy) is 2. The molecule has 6 nitrogen and oxygen atoms in total. The van der Waals surface area contributed by atoms with Gasteiger partial charge in [0, 0.05) is 24.7 Å².